The van der Waals surface area contributed by atoms with Crippen LogP contribution in [0.5, 0.6) is 0 Å². The lowest BCUT2D eigenvalue weighted by molar-refractivity contribution is 0.190. The molecule has 0 spiro atoms. The van der Waals surface area contributed by atoms with Crippen LogP contribution < -0.4 is 0 Å². The molecule has 0 saturated carbocycles. The minimum absolute atomic E-state index is 0. The second-order valence-electron chi connectivity index (χ2n) is 2.16. The quantitative estimate of drug-likeness (QED) is 0.226. The van der Waals surface area contributed by atoms with Gasteiger partial charge in [0.15, 0.2) is 17.4 Å². The van der Waals surface area contributed by atoms with Gasteiger partial charge in [-0.05, 0) is 0 Å². The van der Waals surface area contributed by atoms with Gasteiger partial charge in [0.2, 0.25) is 0 Å². The van der Waals surface area contributed by atoms with Crippen molar-refractivity contribution >= 4 is 48.7 Å². The summed E-state index contributed by atoms with van der Waals surface area (Å²) in [6, 6.07) is 0. The molecule has 0 amide bonds. The molecule has 0 aromatic heterocycles. The van der Waals surface area contributed by atoms with E-state index in [4.69, 9.17) is 29.4 Å². The molecule has 0 aliphatic carbocycles. The molecule has 0 aliphatic rings. The number of phosphoric acid groups is 4. The van der Waals surface area contributed by atoms with Gasteiger partial charge in [0.1, 0.15) is 0 Å². The van der Waals surface area contributed by atoms with Crippen molar-refractivity contribution in [1.29, 1.82) is 0 Å². The Bertz CT molecular complexity index is 377. The van der Waals surface area contributed by atoms with Crippen molar-refractivity contribution < 1.29 is 60.6 Å². The summed E-state index contributed by atoms with van der Waals surface area (Å²) in [5.74, 6) is 0. The molecule has 0 aromatic rings. The van der Waals surface area contributed by atoms with Crippen LogP contribution in [0.2, 0.25) is 0 Å². The van der Waals surface area contributed by atoms with E-state index in [2.05, 4.69) is 12.9 Å². The van der Waals surface area contributed by atoms with E-state index in [-0.39, 0.29) is 17.4 Å². The average Bonchev–Trinajstić information content (AvgIpc) is 1.65. The van der Waals surface area contributed by atoms with E-state index < -0.39 is 31.3 Å². The van der Waals surface area contributed by atoms with Crippen LogP contribution in [0.1, 0.15) is 0 Å². The van der Waals surface area contributed by atoms with E-state index in [0.29, 0.717) is 0 Å². The number of hydrogen-bond donors (Lipinski definition) is 6. The Balaban J connectivity index is 0. The lowest BCUT2D eigenvalue weighted by Crippen LogP contribution is -1.97. The van der Waals surface area contributed by atoms with Crippen molar-refractivity contribution in [2.75, 3.05) is 0 Å². The molecule has 0 fully saturated rings. The van der Waals surface area contributed by atoms with E-state index in [0.717, 1.165) is 0 Å². The fraction of sp³-hybridized carbons (Fsp3) is 0. The summed E-state index contributed by atoms with van der Waals surface area (Å²) in [6.45, 7) is 0. The van der Waals surface area contributed by atoms with Gasteiger partial charge in [0, 0.05) is 0 Å². The van der Waals surface area contributed by atoms with Crippen LogP contribution >= 0.6 is 31.3 Å². The van der Waals surface area contributed by atoms with Crippen LogP contribution in [0.25, 0.3) is 0 Å². The van der Waals surface area contributed by atoms with Gasteiger partial charge in [0.25, 0.3) is 0 Å². The number of rotatable bonds is 6. The minimum atomic E-state index is -5.87. The van der Waals surface area contributed by atoms with Crippen molar-refractivity contribution in [2.24, 2.45) is 0 Å². The Kier molecular flexibility index (Phi) is 7.96. The highest BCUT2D eigenvalue weighted by molar-refractivity contribution is 7.71. The van der Waals surface area contributed by atoms with Crippen LogP contribution in [0.15, 0.2) is 0 Å². The largest absolute Gasteiger partial charge is 0.501 e. The molecule has 0 unspecified atom stereocenters. The van der Waals surface area contributed by atoms with Crippen molar-refractivity contribution in [3.63, 3.8) is 0 Å². The first-order valence-electron chi connectivity index (χ1n) is 3.03. The van der Waals surface area contributed by atoms with Gasteiger partial charge in [-0.25, -0.2) is 18.3 Å². The molecular formula is H9AlO13P4. The zero-order chi connectivity index (χ0) is 14.1. The van der Waals surface area contributed by atoms with Crippen molar-refractivity contribution in [1.82, 2.24) is 0 Å². The first kappa shape index (κ1) is 21.4. The Morgan fingerprint density at radius 1 is 0.556 bits per heavy atom. The predicted octanol–water partition coefficient (Wildman–Crippen LogP) is -1.76. The molecule has 0 heterocycles. The van der Waals surface area contributed by atoms with Gasteiger partial charge in [-0.2, -0.15) is 12.9 Å². The molecule has 6 N–H and O–H groups in total. The smallest absolute Gasteiger partial charge is 0.302 e. The summed E-state index contributed by atoms with van der Waals surface area (Å²) >= 11 is 0. The molecule has 18 heavy (non-hydrogen) atoms. The summed E-state index contributed by atoms with van der Waals surface area (Å²) < 4.78 is 51.4. The van der Waals surface area contributed by atoms with Crippen LogP contribution in [-0.4, -0.2) is 46.7 Å². The zero-order valence-electron chi connectivity index (χ0n) is 7.33. The monoisotopic (exact) mass is 368 g/mol. The molecule has 0 saturated heterocycles. The van der Waals surface area contributed by atoms with Gasteiger partial charge < -0.3 is 29.4 Å². The molecule has 18 heteroatoms. The minimum Gasteiger partial charge on any atom is -0.302 e. The highest BCUT2D eigenvalue weighted by Gasteiger charge is 2.46. The van der Waals surface area contributed by atoms with Crippen molar-refractivity contribution in [3.05, 3.63) is 0 Å². The van der Waals surface area contributed by atoms with Gasteiger partial charge in [-0.3, -0.25) is 0 Å². The Labute approximate surface area is 110 Å². The second kappa shape index (κ2) is 6.70. The third-order valence-electron chi connectivity index (χ3n) is 0.619. The van der Waals surface area contributed by atoms with Crippen LogP contribution in [0.4, 0.5) is 0 Å². The molecule has 110 valence electrons. The van der Waals surface area contributed by atoms with Crippen molar-refractivity contribution in [3.8, 4) is 0 Å². The van der Waals surface area contributed by atoms with Gasteiger partial charge in [-0.1, -0.05) is 0 Å². The fourth-order valence-electron chi connectivity index (χ4n) is 0.436. The summed E-state index contributed by atoms with van der Waals surface area (Å²) in [6.07, 6.45) is 0. The highest BCUT2D eigenvalue weighted by Crippen LogP contribution is 2.72. The summed E-state index contributed by atoms with van der Waals surface area (Å²) in [5.41, 5.74) is 0. The maximum Gasteiger partial charge on any atom is 0.501 e. The van der Waals surface area contributed by atoms with E-state index in [1.54, 1.807) is 0 Å². The summed E-state index contributed by atoms with van der Waals surface area (Å²) in [4.78, 5) is 49.2. The highest BCUT2D eigenvalue weighted by atomic mass is 31.3. The zero-order valence-corrected chi connectivity index (χ0v) is 10.9. The molecule has 0 atom stereocenters. The van der Waals surface area contributed by atoms with Gasteiger partial charge >= 0.3 is 31.3 Å². The first-order chi connectivity index (χ1) is 7.12. The molecule has 0 aromatic carbocycles. The number of hydrogen-bond acceptors (Lipinski definition) is 7. The van der Waals surface area contributed by atoms with Crippen LogP contribution in [0, 0.1) is 0 Å². The Morgan fingerprint density at radius 2 is 0.722 bits per heavy atom. The van der Waals surface area contributed by atoms with E-state index >= 15 is 0 Å². The second-order valence-corrected chi connectivity index (χ2v) is 7.96. The normalized spacial score (nSPS) is 14.1. The molecule has 0 radical (unpaired) electrons. The standard InChI is InChI=1S/Al.H6O13P4.3H/c;1-14(2,3)11-17(10,12-15(4,5)6)13-16(7,8)9;;;/h;(H2,1,2,3)(H2,4,5,6)(H2,7,8,9);;;. The maximum absolute atomic E-state index is 11.1. The molecular weight excluding hydrogens is 359 g/mol. The summed E-state index contributed by atoms with van der Waals surface area (Å²) in [7, 11) is -22.9. The fourth-order valence-corrected chi connectivity index (χ4v) is 4.72. The van der Waals surface area contributed by atoms with Gasteiger partial charge in [0.05, 0.1) is 0 Å². The third-order valence-corrected chi connectivity index (χ3v) is 5.57. The van der Waals surface area contributed by atoms with E-state index in [1.165, 1.54) is 0 Å². The lowest BCUT2D eigenvalue weighted by Gasteiger charge is -2.17. The van der Waals surface area contributed by atoms with Gasteiger partial charge in [-0.15, -0.1) is 0 Å². The van der Waals surface area contributed by atoms with Crippen LogP contribution in [-0.2, 0) is 31.2 Å². The van der Waals surface area contributed by atoms with E-state index in [9.17, 15) is 18.3 Å². The summed E-state index contributed by atoms with van der Waals surface area (Å²) in [5, 5.41) is 0. The SMILES string of the molecule is O=P(O)(O)OP(=O)(OP(=O)(O)O)OP(=O)(O)O.[AlH3]. The molecule has 13 nitrogen and oxygen atoms in total. The van der Waals surface area contributed by atoms with Crippen LogP contribution in [0.3, 0.4) is 0 Å². The average molecular weight is 368 g/mol. The molecule has 0 bridgehead atoms. The third kappa shape index (κ3) is 12.1. The first-order valence-corrected chi connectivity index (χ1v) is 9.08. The van der Waals surface area contributed by atoms with Crippen molar-refractivity contribution in [2.45, 2.75) is 0 Å². The Morgan fingerprint density at radius 3 is 0.833 bits per heavy atom. The molecule has 0 aliphatic heterocycles. The predicted molar refractivity (Wildman–Crippen MR) is 56.9 cm³/mol. The van der Waals surface area contributed by atoms with E-state index in [1.807, 2.05) is 0 Å². The lowest BCUT2D eigenvalue weighted by atomic mass is 15.7. The topological polar surface area (TPSA) is 217 Å². The Hall–Kier alpha value is 1.09. The maximum atomic E-state index is 11.1. The molecule has 0 rings (SSSR count).